The van der Waals surface area contributed by atoms with Crippen LogP contribution in [0, 0.1) is 5.92 Å². The average Bonchev–Trinajstić information content (AvgIpc) is 2.20. The van der Waals surface area contributed by atoms with Crippen LogP contribution in [0.15, 0.2) is 0 Å². The predicted molar refractivity (Wildman–Crippen MR) is 67.9 cm³/mol. The second-order valence-corrected chi connectivity index (χ2v) is 5.37. The summed E-state index contributed by atoms with van der Waals surface area (Å²) in [5.41, 5.74) is 0. The molecular weight excluding hydrogens is 274 g/mol. The van der Waals surface area contributed by atoms with Gasteiger partial charge in [0.2, 0.25) is 5.91 Å². The zero-order valence-corrected chi connectivity index (χ0v) is 11.9. The lowest BCUT2D eigenvalue weighted by molar-refractivity contribution is -0.126. The summed E-state index contributed by atoms with van der Waals surface area (Å²) >= 11 is 3.52. The van der Waals surface area contributed by atoms with Crippen molar-refractivity contribution in [2.75, 3.05) is 33.5 Å². The van der Waals surface area contributed by atoms with Crippen LogP contribution in [-0.4, -0.2) is 44.2 Å². The number of hydrogen-bond acceptors (Lipinski definition) is 3. The predicted octanol–water partition coefficient (Wildman–Crippen LogP) is 1.58. The van der Waals surface area contributed by atoms with Crippen molar-refractivity contribution in [3.8, 4) is 0 Å². The van der Waals surface area contributed by atoms with Gasteiger partial charge in [-0.3, -0.25) is 4.79 Å². The number of methoxy groups -OCH3 is 1. The third-order valence-corrected chi connectivity index (χ3v) is 2.61. The molecule has 16 heavy (non-hydrogen) atoms. The van der Waals surface area contributed by atoms with E-state index in [0.29, 0.717) is 30.5 Å². The summed E-state index contributed by atoms with van der Waals surface area (Å²) in [5, 5.41) is 2.81. The molecule has 0 saturated carbocycles. The molecule has 0 aromatic heterocycles. The molecule has 0 aliphatic carbocycles. The standard InChI is InChI=1S/C11H22BrNO3/c1-9(2)6-10(12)7-13-11(14)8-16-5-4-15-3/h9-10H,4-8H2,1-3H3,(H,13,14). The number of nitrogens with one attached hydrogen (secondary N) is 1. The average molecular weight is 296 g/mol. The van der Waals surface area contributed by atoms with Crippen molar-refractivity contribution in [3.05, 3.63) is 0 Å². The van der Waals surface area contributed by atoms with Crippen LogP contribution in [-0.2, 0) is 14.3 Å². The summed E-state index contributed by atoms with van der Waals surface area (Å²) in [7, 11) is 1.60. The third kappa shape index (κ3) is 10.4. The largest absolute Gasteiger partial charge is 0.382 e. The Morgan fingerprint density at radius 3 is 2.62 bits per heavy atom. The fourth-order valence-corrected chi connectivity index (χ4v) is 2.09. The molecule has 0 aromatic rings. The van der Waals surface area contributed by atoms with Crippen molar-refractivity contribution in [1.82, 2.24) is 5.32 Å². The smallest absolute Gasteiger partial charge is 0.246 e. The van der Waals surface area contributed by atoms with E-state index >= 15 is 0 Å². The van der Waals surface area contributed by atoms with Crippen LogP contribution in [0.3, 0.4) is 0 Å². The molecule has 0 aromatic carbocycles. The molecule has 4 nitrogen and oxygen atoms in total. The number of carbonyl (C=O) groups is 1. The summed E-state index contributed by atoms with van der Waals surface area (Å²) < 4.78 is 9.90. The van der Waals surface area contributed by atoms with Gasteiger partial charge in [0.15, 0.2) is 0 Å². The van der Waals surface area contributed by atoms with E-state index in [2.05, 4.69) is 35.1 Å². The fourth-order valence-electron chi connectivity index (χ4n) is 1.18. The summed E-state index contributed by atoms with van der Waals surface area (Å²) in [6, 6.07) is 0. The maximum Gasteiger partial charge on any atom is 0.246 e. The summed E-state index contributed by atoms with van der Waals surface area (Å²) in [5.74, 6) is 0.545. The van der Waals surface area contributed by atoms with Gasteiger partial charge in [-0.1, -0.05) is 29.8 Å². The molecule has 0 saturated heterocycles. The maximum atomic E-state index is 11.3. The normalized spacial score (nSPS) is 12.8. The Labute approximate surface area is 106 Å². The number of rotatable bonds is 9. The summed E-state index contributed by atoms with van der Waals surface area (Å²) in [4.78, 5) is 11.6. The van der Waals surface area contributed by atoms with Crippen LogP contribution in [0.25, 0.3) is 0 Å². The molecule has 0 spiro atoms. The molecule has 5 heteroatoms. The quantitative estimate of drug-likeness (QED) is 0.519. The molecule has 0 heterocycles. The van der Waals surface area contributed by atoms with E-state index in [4.69, 9.17) is 9.47 Å². The van der Waals surface area contributed by atoms with E-state index in [1.165, 1.54) is 0 Å². The van der Waals surface area contributed by atoms with Crippen molar-refractivity contribution >= 4 is 21.8 Å². The van der Waals surface area contributed by atoms with Gasteiger partial charge >= 0.3 is 0 Å². The molecule has 0 rings (SSSR count). The van der Waals surface area contributed by atoms with E-state index in [-0.39, 0.29) is 12.5 Å². The van der Waals surface area contributed by atoms with Crippen LogP contribution < -0.4 is 5.32 Å². The molecular formula is C11H22BrNO3. The van der Waals surface area contributed by atoms with E-state index in [0.717, 1.165) is 6.42 Å². The van der Waals surface area contributed by atoms with Crippen molar-refractivity contribution in [3.63, 3.8) is 0 Å². The second kappa shape index (κ2) is 10.1. The molecule has 0 aliphatic rings. The minimum absolute atomic E-state index is 0.0793. The van der Waals surface area contributed by atoms with Gasteiger partial charge in [0.1, 0.15) is 6.61 Å². The van der Waals surface area contributed by atoms with Gasteiger partial charge in [-0.15, -0.1) is 0 Å². The highest BCUT2D eigenvalue weighted by atomic mass is 79.9. The molecule has 1 N–H and O–H groups in total. The topological polar surface area (TPSA) is 47.6 Å². The first-order chi connectivity index (χ1) is 7.56. The first-order valence-corrected chi connectivity index (χ1v) is 6.45. The van der Waals surface area contributed by atoms with Gasteiger partial charge in [-0.25, -0.2) is 0 Å². The highest BCUT2D eigenvalue weighted by Crippen LogP contribution is 2.11. The van der Waals surface area contributed by atoms with Gasteiger partial charge in [-0.2, -0.15) is 0 Å². The summed E-state index contributed by atoms with van der Waals surface area (Å²) in [6.45, 7) is 6.03. The zero-order chi connectivity index (χ0) is 12.4. The third-order valence-electron chi connectivity index (χ3n) is 1.91. The van der Waals surface area contributed by atoms with E-state index in [1.807, 2.05) is 0 Å². The Bertz CT molecular complexity index is 188. The van der Waals surface area contributed by atoms with E-state index < -0.39 is 0 Å². The highest BCUT2D eigenvalue weighted by molar-refractivity contribution is 9.09. The van der Waals surface area contributed by atoms with Gasteiger partial charge < -0.3 is 14.8 Å². The zero-order valence-electron chi connectivity index (χ0n) is 10.3. The molecule has 1 atom stereocenters. The SMILES string of the molecule is COCCOCC(=O)NCC(Br)CC(C)C. The highest BCUT2D eigenvalue weighted by Gasteiger charge is 2.08. The fraction of sp³-hybridized carbons (Fsp3) is 0.909. The molecule has 0 bridgehead atoms. The molecule has 0 aliphatic heterocycles. The monoisotopic (exact) mass is 295 g/mol. The lowest BCUT2D eigenvalue weighted by Gasteiger charge is -2.13. The van der Waals surface area contributed by atoms with E-state index in [9.17, 15) is 4.79 Å². The minimum atomic E-state index is -0.0793. The first kappa shape index (κ1) is 15.9. The number of carbonyl (C=O) groups excluding carboxylic acids is 1. The Balaban J connectivity index is 3.42. The maximum absolute atomic E-state index is 11.3. The number of halogens is 1. The Kier molecular flexibility index (Phi) is 9.97. The molecule has 1 amide bonds. The number of ether oxygens (including phenoxy) is 2. The summed E-state index contributed by atoms with van der Waals surface area (Å²) in [6.07, 6.45) is 1.05. The lowest BCUT2D eigenvalue weighted by Crippen LogP contribution is -2.33. The van der Waals surface area contributed by atoms with Gasteiger partial charge in [0, 0.05) is 18.5 Å². The Morgan fingerprint density at radius 1 is 1.38 bits per heavy atom. The molecule has 0 radical (unpaired) electrons. The Hall–Kier alpha value is -0.130. The number of alkyl halides is 1. The van der Waals surface area contributed by atoms with Crippen molar-refractivity contribution in [2.45, 2.75) is 25.1 Å². The second-order valence-electron chi connectivity index (χ2n) is 4.08. The van der Waals surface area contributed by atoms with Gasteiger partial charge in [0.25, 0.3) is 0 Å². The van der Waals surface area contributed by atoms with Crippen LogP contribution in [0.1, 0.15) is 20.3 Å². The van der Waals surface area contributed by atoms with Gasteiger partial charge in [-0.05, 0) is 12.3 Å². The van der Waals surface area contributed by atoms with Crippen molar-refractivity contribution in [2.24, 2.45) is 5.92 Å². The van der Waals surface area contributed by atoms with Crippen LogP contribution in [0.5, 0.6) is 0 Å². The van der Waals surface area contributed by atoms with Crippen molar-refractivity contribution < 1.29 is 14.3 Å². The minimum Gasteiger partial charge on any atom is -0.382 e. The van der Waals surface area contributed by atoms with Crippen LogP contribution >= 0.6 is 15.9 Å². The first-order valence-electron chi connectivity index (χ1n) is 5.53. The van der Waals surface area contributed by atoms with Gasteiger partial charge in [0.05, 0.1) is 13.2 Å². The molecule has 0 fully saturated rings. The van der Waals surface area contributed by atoms with Crippen molar-refractivity contribution in [1.29, 1.82) is 0 Å². The van der Waals surface area contributed by atoms with Crippen LogP contribution in [0.4, 0.5) is 0 Å². The lowest BCUT2D eigenvalue weighted by atomic mass is 10.1. The molecule has 96 valence electrons. The molecule has 1 unspecified atom stereocenters. The number of hydrogen-bond donors (Lipinski definition) is 1. The Morgan fingerprint density at radius 2 is 2.06 bits per heavy atom. The van der Waals surface area contributed by atoms with Crippen LogP contribution in [0.2, 0.25) is 0 Å². The van der Waals surface area contributed by atoms with E-state index in [1.54, 1.807) is 7.11 Å². The number of amides is 1.